The van der Waals surface area contributed by atoms with Gasteiger partial charge in [0.1, 0.15) is 23.9 Å². The number of ether oxygens (including phenoxy) is 2. The molecular weight excluding hydrogens is 426 g/mol. The first-order valence-electron chi connectivity index (χ1n) is 11.1. The zero-order valence-corrected chi connectivity index (χ0v) is 19.1. The highest BCUT2D eigenvalue weighted by molar-refractivity contribution is 6.07. The van der Waals surface area contributed by atoms with Gasteiger partial charge in [-0.1, -0.05) is 30.3 Å². The molecule has 6 nitrogen and oxygen atoms in total. The summed E-state index contributed by atoms with van der Waals surface area (Å²) in [5.74, 6) is 2.26. The quantitative estimate of drug-likeness (QED) is 0.377. The van der Waals surface area contributed by atoms with E-state index in [4.69, 9.17) is 9.47 Å². The Kier molecular flexibility index (Phi) is 5.87. The van der Waals surface area contributed by atoms with Gasteiger partial charge in [0.2, 0.25) is 5.91 Å². The molecule has 1 N–H and O–H groups in total. The average molecular weight is 452 g/mol. The van der Waals surface area contributed by atoms with Gasteiger partial charge in [-0.15, -0.1) is 0 Å². The molecule has 5 rings (SSSR count). The second-order valence-electron chi connectivity index (χ2n) is 8.18. The van der Waals surface area contributed by atoms with Gasteiger partial charge in [-0.2, -0.15) is 0 Å². The van der Waals surface area contributed by atoms with Gasteiger partial charge in [0.25, 0.3) is 0 Å². The molecule has 1 aliphatic rings. The number of nitrogens with zero attached hydrogens (tertiary/aromatic N) is 2. The van der Waals surface area contributed by atoms with Crippen LogP contribution in [0.4, 0.5) is 22.9 Å². The molecule has 1 amide bonds. The molecule has 0 aliphatic carbocycles. The van der Waals surface area contributed by atoms with Gasteiger partial charge in [-0.05, 0) is 60.5 Å². The van der Waals surface area contributed by atoms with Crippen LogP contribution in [0.5, 0.6) is 11.5 Å². The minimum absolute atomic E-state index is 0.0209. The molecule has 0 bridgehead atoms. The van der Waals surface area contributed by atoms with Crippen LogP contribution in [0.1, 0.15) is 16.7 Å². The van der Waals surface area contributed by atoms with Gasteiger partial charge in [0.15, 0.2) is 0 Å². The van der Waals surface area contributed by atoms with Crippen molar-refractivity contribution in [1.82, 2.24) is 4.98 Å². The van der Waals surface area contributed by atoms with Crippen molar-refractivity contribution < 1.29 is 14.3 Å². The molecule has 3 aromatic carbocycles. The van der Waals surface area contributed by atoms with Crippen molar-refractivity contribution in [3.8, 4) is 11.5 Å². The number of hydrogen-bond acceptors (Lipinski definition) is 5. The monoisotopic (exact) mass is 451 g/mol. The summed E-state index contributed by atoms with van der Waals surface area (Å²) < 4.78 is 11.2. The van der Waals surface area contributed by atoms with E-state index in [-0.39, 0.29) is 5.91 Å². The number of benzene rings is 3. The van der Waals surface area contributed by atoms with E-state index in [1.54, 1.807) is 18.2 Å². The topological polar surface area (TPSA) is 63.7 Å². The number of amides is 1. The van der Waals surface area contributed by atoms with E-state index in [1.165, 1.54) is 0 Å². The first kappa shape index (κ1) is 21.5. The summed E-state index contributed by atoms with van der Waals surface area (Å²) in [6.07, 6.45) is 2.10. The Morgan fingerprint density at radius 3 is 2.47 bits per heavy atom. The van der Waals surface area contributed by atoms with Crippen LogP contribution in [0.15, 0.2) is 85.1 Å². The fourth-order valence-electron chi connectivity index (χ4n) is 4.02. The molecule has 0 radical (unpaired) electrons. The van der Waals surface area contributed by atoms with Crippen molar-refractivity contribution >= 4 is 28.8 Å². The number of hydrogen-bond donors (Lipinski definition) is 1. The Bertz CT molecular complexity index is 1320. The minimum atomic E-state index is 0.0209. The van der Waals surface area contributed by atoms with Gasteiger partial charge >= 0.3 is 0 Å². The molecule has 2 heterocycles. The van der Waals surface area contributed by atoms with E-state index in [9.17, 15) is 4.79 Å². The predicted molar refractivity (Wildman–Crippen MR) is 133 cm³/mol. The van der Waals surface area contributed by atoms with Crippen molar-refractivity contribution in [2.75, 3.05) is 17.3 Å². The Balaban J connectivity index is 1.34. The first-order chi connectivity index (χ1) is 16.6. The number of nitrogens with one attached hydrogen (secondary N) is 1. The van der Waals surface area contributed by atoms with E-state index in [1.807, 2.05) is 85.8 Å². The SMILES string of the molecule is COc1ccc(Nc2cc3c(cn2)CC(=O)N3c2ccc(OCc3ccccc3)cc2)c(C)c1. The van der Waals surface area contributed by atoms with Crippen molar-refractivity contribution in [3.63, 3.8) is 0 Å². The third-order valence-corrected chi connectivity index (χ3v) is 5.83. The van der Waals surface area contributed by atoms with E-state index < -0.39 is 0 Å². The number of carbonyl (C=O) groups is 1. The van der Waals surface area contributed by atoms with E-state index in [0.717, 1.165) is 45.3 Å². The summed E-state index contributed by atoms with van der Waals surface area (Å²) in [4.78, 5) is 19.1. The number of rotatable bonds is 7. The van der Waals surface area contributed by atoms with Crippen molar-refractivity contribution in [2.24, 2.45) is 0 Å². The van der Waals surface area contributed by atoms with Crippen LogP contribution in [0, 0.1) is 6.92 Å². The normalized spacial score (nSPS) is 12.4. The number of aromatic nitrogens is 1. The standard InChI is InChI=1S/C28H25N3O3/c1-19-14-24(33-2)12-13-25(19)30-27-16-26-21(17-29-27)15-28(32)31(26)22-8-10-23(11-9-22)34-18-20-6-4-3-5-7-20/h3-14,16-17H,15,18H2,1-2H3,(H,29,30). The van der Waals surface area contributed by atoms with Crippen molar-refractivity contribution in [3.05, 3.63) is 102 Å². The fraction of sp³-hybridized carbons (Fsp3) is 0.143. The van der Waals surface area contributed by atoms with Crippen LogP contribution in [-0.4, -0.2) is 18.0 Å². The lowest BCUT2D eigenvalue weighted by Crippen LogP contribution is -2.20. The third kappa shape index (κ3) is 4.43. The zero-order valence-electron chi connectivity index (χ0n) is 19.1. The highest BCUT2D eigenvalue weighted by Gasteiger charge is 2.29. The molecule has 0 spiro atoms. The van der Waals surface area contributed by atoms with Gasteiger partial charge in [-0.3, -0.25) is 9.69 Å². The summed E-state index contributed by atoms with van der Waals surface area (Å²) in [7, 11) is 1.65. The third-order valence-electron chi connectivity index (χ3n) is 5.83. The molecule has 6 heteroatoms. The Labute approximate surface area is 198 Å². The Hall–Kier alpha value is -4.32. The van der Waals surface area contributed by atoms with Crippen LogP contribution in [0.25, 0.3) is 0 Å². The van der Waals surface area contributed by atoms with Crippen LogP contribution in [0.2, 0.25) is 0 Å². The highest BCUT2D eigenvalue weighted by atomic mass is 16.5. The maximum absolute atomic E-state index is 12.9. The maximum Gasteiger partial charge on any atom is 0.236 e. The van der Waals surface area contributed by atoms with Crippen LogP contribution in [0.3, 0.4) is 0 Å². The molecule has 0 saturated heterocycles. The van der Waals surface area contributed by atoms with Crippen molar-refractivity contribution in [2.45, 2.75) is 20.0 Å². The molecule has 0 saturated carbocycles. The average Bonchev–Trinajstić information content (AvgIpc) is 3.20. The number of aryl methyl sites for hydroxylation is 1. The fourth-order valence-corrected chi connectivity index (χ4v) is 4.02. The highest BCUT2D eigenvalue weighted by Crippen LogP contribution is 2.37. The Morgan fingerprint density at radius 1 is 0.971 bits per heavy atom. The van der Waals surface area contributed by atoms with Crippen LogP contribution < -0.4 is 19.7 Å². The zero-order chi connectivity index (χ0) is 23.5. The summed E-state index contributed by atoms with van der Waals surface area (Å²) in [6.45, 7) is 2.51. The van der Waals surface area contributed by atoms with E-state index in [2.05, 4.69) is 10.3 Å². The predicted octanol–water partition coefficient (Wildman–Crippen LogP) is 5.94. The molecule has 4 aromatic rings. The second-order valence-corrected chi connectivity index (χ2v) is 8.18. The molecular formula is C28H25N3O3. The van der Waals surface area contributed by atoms with Gasteiger partial charge in [0, 0.05) is 29.2 Å². The van der Waals surface area contributed by atoms with Gasteiger partial charge < -0.3 is 14.8 Å². The lowest BCUT2D eigenvalue weighted by molar-refractivity contribution is -0.116. The molecule has 1 aliphatic heterocycles. The smallest absolute Gasteiger partial charge is 0.236 e. The lowest BCUT2D eigenvalue weighted by atomic mass is 10.2. The number of carbonyl (C=O) groups excluding carboxylic acids is 1. The summed E-state index contributed by atoms with van der Waals surface area (Å²) in [5.41, 5.74) is 5.63. The van der Waals surface area contributed by atoms with Crippen LogP contribution >= 0.6 is 0 Å². The van der Waals surface area contributed by atoms with E-state index in [0.29, 0.717) is 18.8 Å². The summed E-state index contributed by atoms with van der Waals surface area (Å²) in [6, 6.07) is 25.4. The first-order valence-corrected chi connectivity index (χ1v) is 11.1. The Morgan fingerprint density at radius 2 is 1.74 bits per heavy atom. The number of fused-ring (bicyclic) bond motifs is 1. The minimum Gasteiger partial charge on any atom is -0.497 e. The largest absolute Gasteiger partial charge is 0.497 e. The van der Waals surface area contributed by atoms with Crippen molar-refractivity contribution in [1.29, 1.82) is 0 Å². The lowest BCUT2D eigenvalue weighted by Gasteiger charge is -2.19. The van der Waals surface area contributed by atoms with Gasteiger partial charge in [0.05, 0.1) is 19.2 Å². The molecule has 0 atom stereocenters. The summed E-state index contributed by atoms with van der Waals surface area (Å²) in [5, 5.41) is 3.36. The van der Waals surface area contributed by atoms with Gasteiger partial charge in [-0.25, -0.2) is 4.98 Å². The maximum atomic E-state index is 12.9. The second kappa shape index (κ2) is 9.27. The van der Waals surface area contributed by atoms with Crippen LogP contribution in [-0.2, 0) is 17.8 Å². The van der Waals surface area contributed by atoms with E-state index >= 15 is 0 Å². The molecule has 170 valence electrons. The summed E-state index contributed by atoms with van der Waals surface area (Å²) >= 11 is 0. The number of methoxy groups -OCH3 is 1. The molecule has 34 heavy (non-hydrogen) atoms. The molecule has 0 fully saturated rings. The number of anilines is 4. The molecule has 0 unspecified atom stereocenters. The molecule has 1 aromatic heterocycles. The number of pyridine rings is 1.